The van der Waals surface area contributed by atoms with Gasteiger partial charge in [0.05, 0.1) is 5.52 Å². The second-order valence-corrected chi connectivity index (χ2v) is 6.65. The highest BCUT2D eigenvalue weighted by atomic mass is 16.5. The van der Waals surface area contributed by atoms with Crippen molar-refractivity contribution in [2.24, 2.45) is 0 Å². The normalized spacial score (nSPS) is 10.6. The average Bonchev–Trinajstić information content (AvgIpc) is 2.79. The molecule has 2 aromatic heterocycles. The second kappa shape index (κ2) is 8.57. The summed E-state index contributed by atoms with van der Waals surface area (Å²) in [6, 6.07) is 17.1. The van der Waals surface area contributed by atoms with Gasteiger partial charge in [-0.25, -0.2) is 9.97 Å². The Labute approximate surface area is 174 Å². The lowest BCUT2D eigenvalue weighted by Gasteiger charge is -2.09. The Morgan fingerprint density at radius 3 is 2.57 bits per heavy atom. The molecule has 0 aliphatic rings. The zero-order valence-electron chi connectivity index (χ0n) is 16.7. The van der Waals surface area contributed by atoms with Crippen LogP contribution in [0.5, 0.6) is 11.5 Å². The summed E-state index contributed by atoms with van der Waals surface area (Å²) in [7, 11) is 1.56. The first-order valence-electron chi connectivity index (χ1n) is 9.63. The highest BCUT2D eigenvalue weighted by molar-refractivity contribution is 5.92. The van der Waals surface area contributed by atoms with Gasteiger partial charge in [-0.15, -0.1) is 0 Å². The number of ether oxygens (including phenoxy) is 1. The van der Waals surface area contributed by atoms with Crippen LogP contribution >= 0.6 is 0 Å². The van der Waals surface area contributed by atoms with E-state index in [4.69, 9.17) is 4.74 Å². The molecular formula is C23H21N5O2. The van der Waals surface area contributed by atoms with Crippen LogP contribution in [-0.2, 0) is 6.42 Å². The number of aromatic nitrogens is 3. The first kappa shape index (κ1) is 19.3. The highest BCUT2D eigenvalue weighted by Crippen LogP contribution is 2.26. The zero-order valence-corrected chi connectivity index (χ0v) is 16.7. The lowest BCUT2D eigenvalue weighted by atomic mass is 10.1. The Kier molecular flexibility index (Phi) is 5.52. The van der Waals surface area contributed by atoms with Gasteiger partial charge in [-0.3, -0.25) is 9.78 Å². The van der Waals surface area contributed by atoms with E-state index in [0.717, 1.165) is 23.0 Å². The van der Waals surface area contributed by atoms with E-state index in [-0.39, 0.29) is 5.91 Å². The number of hydrogen-bond acceptors (Lipinski definition) is 6. The fourth-order valence-corrected chi connectivity index (χ4v) is 2.95. The molecule has 1 amide bonds. The summed E-state index contributed by atoms with van der Waals surface area (Å²) in [4.78, 5) is 24.7. The van der Waals surface area contributed by atoms with E-state index >= 15 is 0 Å². The third-order valence-electron chi connectivity index (χ3n) is 4.60. The largest absolute Gasteiger partial charge is 0.457 e. The zero-order chi connectivity index (χ0) is 20.9. The lowest BCUT2D eigenvalue weighted by molar-refractivity contribution is 0.0958. The van der Waals surface area contributed by atoms with Gasteiger partial charge < -0.3 is 15.4 Å². The SMILES string of the molecule is CCc1ccc(Nc2ncc3cc(Oc4ccnc(C(=O)NC)c4)ccc3n2)cc1. The molecule has 30 heavy (non-hydrogen) atoms. The van der Waals surface area contributed by atoms with Gasteiger partial charge in [0.1, 0.15) is 17.2 Å². The maximum absolute atomic E-state index is 11.7. The molecule has 0 aliphatic carbocycles. The van der Waals surface area contributed by atoms with Crippen LogP contribution in [0.25, 0.3) is 10.9 Å². The van der Waals surface area contributed by atoms with Crippen LogP contribution in [0.1, 0.15) is 23.0 Å². The van der Waals surface area contributed by atoms with Gasteiger partial charge in [0.25, 0.3) is 5.91 Å². The molecule has 4 rings (SSSR count). The number of nitrogens with one attached hydrogen (secondary N) is 2. The number of carbonyl (C=O) groups excluding carboxylic acids is 1. The van der Waals surface area contributed by atoms with Gasteiger partial charge in [-0.05, 0) is 48.4 Å². The molecule has 2 aromatic carbocycles. The first-order chi connectivity index (χ1) is 14.6. The molecule has 7 heteroatoms. The van der Waals surface area contributed by atoms with E-state index in [9.17, 15) is 4.79 Å². The molecule has 7 nitrogen and oxygen atoms in total. The van der Waals surface area contributed by atoms with Crippen molar-refractivity contribution in [3.63, 3.8) is 0 Å². The van der Waals surface area contributed by atoms with Crippen molar-refractivity contribution in [1.82, 2.24) is 20.3 Å². The van der Waals surface area contributed by atoms with Gasteiger partial charge in [0.2, 0.25) is 5.95 Å². The van der Waals surface area contributed by atoms with Crippen molar-refractivity contribution in [1.29, 1.82) is 0 Å². The van der Waals surface area contributed by atoms with Gasteiger partial charge in [0, 0.05) is 36.6 Å². The summed E-state index contributed by atoms with van der Waals surface area (Å²) in [5, 5.41) is 6.62. The maximum Gasteiger partial charge on any atom is 0.269 e. The van der Waals surface area contributed by atoms with E-state index in [1.54, 1.807) is 25.4 Å². The van der Waals surface area contributed by atoms with Crippen LogP contribution in [0.2, 0.25) is 0 Å². The van der Waals surface area contributed by atoms with Crippen LogP contribution in [0.4, 0.5) is 11.6 Å². The smallest absolute Gasteiger partial charge is 0.269 e. The van der Waals surface area contributed by atoms with Crippen LogP contribution in [0.3, 0.4) is 0 Å². The number of aryl methyl sites for hydroxylation is 1. The molecular weight excluding hydrogens is 378 g/mol. The van der Waals surface area contributed by atoms with Crippen molar-refractivity contribution >= 4 is 28.4 Å². The van der Waals surface area contributed by atoms with E-state index < -0.39 is 0 Å². The number of amides is 1. The first-order valence-corrected chi connectivity index (χ1v) is 9.63. The van der Waals surface area contributed by atoms with Gasteiger partial charge in [-0.2, -0.15) is 0 Å². The molecule has 150 valence electrons. The molecule has 0 atom stereocenters. The van der Waals surface area contributed by atoms with Gasteiger partial charge in [-0.1, -0.05) is 19.1 Å². The topological polar surface area (TPSA) is 89.0 Å². The molecule has 2 N–H and O–H groups in total. The van der Waals surface area contributed by atoms with Gasteiger partial charge in [0.15, 0.2) is 0 Å². The minimum atomic E-state index is -0.267. The van der Waals surface area contributed by atoms with Crippen molar-refractivity contribution in [3.05, 3.63) is 78.2 Å². The number of carbonyl (C=O) groups is 1. The number of hydrogen-bond donors (Lipinski definition) is 2. The quantitative estimate of drug-likeness (QED) is 0.497. The predicted octanol–water partition coefficient (Wildman–Crippen LogP) is 4.48. The number of nitrogens with zero attached hydrogens (tertiary/aromatic N) is 3. The third-order valence-corrected chi connectivity index (χ3v) is 4.60. The Morgan fingerprint density at radius 1 is 1.00 bits per heavy atom. The van der Waals surface area contributed by atoms with E-state index in [1.807, 2.05) is 30.3 Å². The van der Waals surface area contributed by atoms with Crippen LogP contribution < -0.4 is 15.4 Å². The molecule has 2 heterocycles. The number of pyridine rings is 1. The van der Waals surface area contributed by atoms with Gasteiger partial charge >= 0.3 is 0 Å². The van der Waals surface area contributed by atoms with E-state index in [2.05, 4.69) is 44.6 Å². The fraction of sp³-hybridized carbons (Fsp3) is 0.130. The molecule has 4 aromatic rings. The standard InChI is InChI=1S/C23H21N5O2/c1-3-15-4-6-17(7-5-15)27-23-26-14-16-12-18(8-9-20(16)28-23)30-19-10-11-25-21(13-19)22(29)24-2/h4-14H,3H2,1-2H3,(H,24,29)(H,26,27,28). The summed E-state index contributed by atoms with van der Waals surface area (Å²) >= 11 is 0. The minimum Gasteiger partial charge on any atom is -0.457 e. The van der Waals surface area contributed by atoms with Crippen LogP contribution in [0, 0.1) is 0 Å². The highest BCUT2D eigenvalue weighted by Gasteiger charge is 2.08. The van der Waals surface area contributed by atoms with E-state index in [0.29, 0.717) is 23.1 Å². The van der Waals surface area contributed by atoms with Crippen LogP contribution in [-0.4, -0.2) is 27.9 Å². The summed E-state index contributed by atoms with van der Waals surface area (Å²) in [6.45, 7) is 2.13. The summed E-state index contributed by atoms with van der Waals surface area (Å²) < 4.78 is 5.88. The maximum atomic E-state index is 11.7. The molecule has 0 bridgehead atoms. The number of anilines is 2. The summed E-state index contributed by atoms with van der Waals surface area (Å²) in [5.41, 5.74) is 3.31. The molecule has 0 saturated heterocycles. The molecule has 0 saturated carbocycles. The Bertz CT molecular complexity index is 1190. The van der Waals surface area contributed by atoms with Crippen molar-refractivity contribution in [3.8, 4) is 11.5 Å². The fourth-order valence-electron chi connectivity index (χ4n) is 2.95. The molecule has 0 fully saturated rings. The Hall–Kier alpha value is -4.00. The summed E-state index contributed by atoms with van der Waals surface area (Å²) in [5.74, 6) is 1.41. The third kappa shape index (κ3) is 4.35. The van der Waals surface area contributed by atoms with Crippen LogP contribution in [0.15, 0.2) is 67.0 Å². The molecule has 0 radical (unpaired) electrons. The second-order valence-electron chi connectivity index (χ2n) is 6.65. The van der Waals surface area contributed by atoms with Crippen molar-refractivity contribution in [2.75, 3.05) is 12.4 Å². The monoisotopic (exact) mass is 399 g/mol. The minimum absolute atomic E-state index is 0.267. The molecule has 0 aliphatic heterocycles. The number of rotatable bonds is 6. The summed E-state index contributed by atoms with van der Waals surface area (Å²) in [6.07, 6.45) is 4.29. The van der Waals surface area contributed by atoms with Crippen molar-refractivity contribution < 1.29 is 9.53 Å². The average molecular weight is 399 g/mol. The van der Waals surface area contributed by atoms with Crippen molar-refractivity contribution in [2.45, 2.75) is 13.3 Å². The number of benzene rings is 2. The van der Waals surface area contributed by atoms with E-state index in [1.165, 1.54) is 11.8 Å². The molecule has 0 spiro atoms. The predicted molar refractivity (Wildman–Crippen MR) is 116 cm³/mol. The molecule has 0 unspecified atom stereocenters. The number of fused-ring (bicyclic) bond motifs is 1. The Morgan fingerprint density at radius 2 is 1.80 bits per heavy atom. The Balaban J connectivity index is 1.52. The lowest BCUT2D eigenvalue weighted by Crippen LogP contribution is -2.18.